The number of pyridine rings is 3. The van der Waals surface area contributed by atoms with Crippen LogP contribution in [-0.4, -0.2) is 38.2 Å². The highest BCUT2D eigenvalue weighted by atomic mass is 15.2. The SMILES string of the molecule is C=C(Nc1nccc(N2CCCCC2)c1C)c1n[nH]c2ccc(-c3cncc(C)c3)nc12. The maximum absolute atomic E-state index is 4.86. The molecule has 0 unspecified atom stereocenters. The molecule has 1 aliphatic rings. The van der Waals surface area contributed by atoms with E-state index in [4.69, 9.17) is 4.98 Å². The van der Waals surface area contributed by atoms with Crippen molar-refractivity contribution < 1.29 is 0 Å². The summed E-state index contributed by atoms with van der Waals surface area (Å²) in [5.41, 5.74) is 8.25. The highest BCUT2D eigenvalue weighted by molar-refractivity contribution is 5.91. The Morgan fingerprint density at radius 3 is 2.75 bits per heavy atom. The summed E-state index contributed by atoms with van der Waals surface area (Å²) in [6.07, 6.45) is 9.30. The van der Waals surface area contributed by atoms with Gasteiger partial charge in [-0.3, -0.25) is 10.1 Å². The lowest BCUT2D eigenvalue weighted by atomic mass is 10.1. The molecule has 0 spiro atoms. The molecule has 0 aromatic carbocycles. The van der Waals surface area contributed by atoms with Crippen molar-refractivity contribution in [3.05, 3.63) is 66.3 Å². The van der Waals surface area contributed by atoms with Gasteiger partial charge in [0.05, 0.1) is 16.9 Å². The summed E-state index contributed by atoms with van der Waals surface area (Å²) in [6.45, 7) is 10.6. The number of hydrogen-bond donors (Lipinski definition) is 2. The van der Waals surface area contributed by atoms with Crippen LogP contribution in [0.5, 0.6) is 0 Å². The minimum atomic E-state index is 0.662. The van der Waals surface area contributed by atoms with Gasteiger partial charge in [-0.15, -0.1) is 0 Å². The molecule has 0 radical (unpaired) electrons. The van der Waals surface area contributed by atoms with Gasteiger partial charge in [-0.25, -0.2) is 9.97 Å². The van der Waals surface area contributed by atoms with Crippen molar-refractivity contribution in [2.45, 2.75) is 33.1 Å². The van der Waals surface area contributed by atoms with Crippen LogP contribution in [0.2, 0.25) is 0 Å². The summed E-state index contributed by atoms with van der Waals surface area (Å²) in [4.78, 5) is 16.2. The van der Waals surface area contributed by atoms with Crippen LogP contribution in [0.25, 0.3) is 28.0 Å². The molecule has 0 atom stereocenters. The van der Waals surface area contributed by atoms with Crippen LogP contribution >= 0.6 is 0 Å². The zero-order chi connectivity index (χ0) is 22.1. The zero-order valence-corrected chi connectivity index (χ0v) is 18.5. The molecule has 0 amide bonds. The molecule has 1 fully saturated rings. The van der Waals surface area contributed by atoms with E-state index in [-0.39, 0.29) is 0 Å². The van der Waals surface area contributed by atoms with Crippen LogP contribution in [-0.2, 0) is 0 Å². The van der Waals surface area contributed by atoms with E-state index in [1.165, 1.54) is 24.9 Å². The lowest BCUT2D eigenvalue weighted by Gasteiger charge is -2.30. The van der Waals surface area contributed by atoms with Crippen LogP contribution < -0.4 is 10.2 Å². The maximum atomic E-state index is 4.86. The Balaban J connectivity index is 1.45. The second kappa shape index (κ2) is 8.42. The standard InChI is InChI=1S/C25H27N7/c1-16-13-19(15-26-14-16)20-7-8-21-24(29-20)23(31-30-21)18(3)28-25-17(2)22(9-10-27-25)32-11-5-4-6-12-32/h7-10,13-15H,3-6,11-12H2,1-2H3,(H,27,28)(H,30,31). The fraction of sp³-hybridized carbons (Fsp3) is 0.280. The van der Waals surface area contributed by atoms with E-state index < -0.39 is 0 Å². The van der Waals surface area contributed by atoms with E-state index in [9.17, 15) is 0 Å². The molecule has 7 nitrogen and oxygen atoms in total. The van der Waals surface area contributed by atoms with Gasteiger partial charge in [-0.1, -0.05) is 6.58 Å². The Hall–Kier alpha value is -3.74. The third-order valence-electron chi connectivity index (χ3n) is 6.01. The molecule has 4 aromatic rings. The first-order valence-corrected chi connectivity index (χ1v) is 11.0. The largest absolute Gasteiger partial charge is 0.371 e. The van der Waals surface area contributed by atoms with Gasteiger partial charge in [0.1, 0.15) is 17.0 Å². The molecular weight excluding hydrogens is 398 g/mol. The number of anilines is 2. The lowest BCUT2D eigenvalue weighted by molar-refractivity contribution is 0.577. The van der Waals surface area contributed by atoms with Crippen LogP contribution in [0.4, 0.5) is 11.5 Å². The van der Waals surface area contributed by atoms with Crippen LogP contribution in [0.3, 0.4) is 0 Å². The normalized spacial score (nSPS) is 14.0. The summed E-state index contributed by atoms with van der Waals surface area (Å²) >= 11 is 0. The van der Waals surface area contributed by atoms with Gasteiger partial charge in [0.25, 0.3) is 0 Å². The molecular formula is C25H27N7. The third kappa shape index (κ3) is 3.82. The number of rotatable bonds is 5. The smallest absolute Gasteiger partial charge is 0.135 e. The molecule has 32 heavy (non-hydrogen) atoms. The van der Waals surface area contributed by atoms with Crippen molar-refractivity contribution in [1.82, 2.24) is 25.1 Å². The van der Waals surface area contributed by atoms with Crippen molar-refractivity contribution in [2.75, 3.05) is 23.3 Å². The molecule has 0 saturated carbocycles. The first-order chi connectivity index (χ1) is 15.6. The Morgan fingerprint density at radius 2 is 1.94 bits per heavy atom. The first kappa shape index (κ1) is 20.2. The highest BCUT2D eigenvalue weighted by Gasteiger charge is 2.17. The van der Waals surface area contributed by atoms with Gasteiger partial charge in [-0.05, 0) is 62.9 Å². The second-order valence-electron chi connectivity index (χ2n) is 8.37. The minimum absolute atomic E-state index is 0.662. The minimum Gasteiger partial charge on any atom is -0.371 e. The molecule has 0 bridgehead atoms. The van der Waals surface area contributed by atoms with Gasteiger partial charge in [0.2, 0.25) is 0 Å². The second-order valence-corrected chi connectivity index (χ2v) is 8.37. The Labute approximate surface area is 187 Å². The van der Waals surface area contributed by atoms with Gasteiger partial charge < -0.3 is 10.2 Å². The monoisotopic (exact) mass is 425 g/mol. The fourth-order valence-electron chi connectivity index (χ4n) is 4.30. The van der Waals surface area contributed by atoms with Crippen molar-refractivity contribution in [3.8, 4) is 11.3 Å². The van der Waals surface area contributed by atoms with Crippen molar-refractivity contribution in [1.29, 1.82) is 0 Å². The van der Waals surface area contributed by atoms with E-state index in [0.717, 1.165) is 52.3 Å². The molecule has 4 aromatic heterocycles. The number of aromatic amines is 1. The average molecular weight is 426 g/mol. The van der Waals surface area contributed by atoms with Gasteiger partial charge >= 0.3 is 0 Å². The van der Waals surface area contributed by atoms with E-state index >= 15 is 0 Å². The zero-order valence-electron chi connectivity index (χ0n) is 18.5. The van der Waals surface area contributed by atoms with Gasteiger partial charge in [0, 0.05) is 48.5 Å². The van der Waals surface area contributed by atoms with Crippen molar-refractivity contribution in [3.63, 3.8) is 0 Å². The predicted molar refractivity (Wildman–Crippen MR) is 130 cm³/mol. The van der Waals surface area contributed by atoms with Crippen molar-refractivity contribution in [2.24, 2.45) is 0 Å². The number of aromatic nitrogens is 5. The molecule has 1 saturated heterocycles. The number of nitrogens with zero attached hydrogens (tertiary/aromatic N) is 5. The molecule has 0 aliphatic carbocycles. The van der Waals surface area contributed by atoms with Crippen LogP contribution in [0.1, 0.15) is 36.1 Å². The third-order valence-corrected chi connectivity index (χ3v) is 6.01. The van der Waals surface area contributed by atoms with Crippen LogP contribution in [0.15, 0.2) is 49.4 Å². The van der Waals surface area contributed by atoms with Gasteiger partial charge in [-0.2, -0.15) is 5.10 Å². The molecule has 162 valence electrons. The van der Waals surface area contributed by atoms with E-state index in [2.05, 4.69) is 56.0 Å². The average Bonchev–Trinajstić information content (AvgIpc) is 3.24. The highest BCUT2D eigenvalue weighted by Crippen LogP contribution is 2.30. The Kier molecular flexibility index (Phi) is 5.31. The number of aryl methyl sites for hydroxylation is 1. The summed E-state index contributed by atoms with van der Waals surface area (Å²) in [5.74, 6) is 0.799. The Morgan fingerprint density at radius 1 is 1.09 bits per heavy atom. The first-order valence-electron chi connectivity index (χ1n) is 11.0. The maximum Gasteiger partial charge on any atom is 0.135 e. The lowest BCUT2D eigenvalue weighted by Crippen LogP contribution is -2.30. The summed E-state index contributed by atoms with van der Waals surface area (Å²) in [7, 11) is 0. The molecule has 5 heterocycles. The van der Waals surface area contributed by atoms with Gasteiger partial charge in [0.15, 0.2) is 0 Å². The summed E-state index contributed by atoms with van der Waals surface area (Å²) in [5, 5.41) is 10.9. The molecule has 5 rings (SSSR count). The predicted octanol–water partition coefficient (Wildman–Crippen LogP) is 5.10. The quantitative estimate of drug-likeness (QED) is 0.463. The number of hydrogen-bond acceptors (Lipinski definition) is 6. The number of fused-ring (bicyclic) bond motifs is 1. The molecule has 1 aliphatic heterocycles. The van der Waals surface area contributed by atoms with Crippen molar-refractivity contribution >= 4 is 28.2 Å². The number of piperidine rings is 1. The summed E-state index contributed by atoms with van der Waals surface area (Å²) < 4.78 is 0. The molecule has 7 heteroatoms. The molecule has 2 N–H and O–H groups in total. The fourth-order valence-corrected chi connectivity index (χ4v) is 4.30. The van der Waals surface area contributed by atoms with E-state index in [1.54, 1.807) is 0 Å². The Bertz CT molecular complexity index is 1280. The van der Waals surface area contributed by atoms with E-state index in [0.29, 0.717) is 11.4 Å². The number of nitrogens with one attached hydrogen (secondary N) is 2. The summed E-state index contributed by atoms with van der Waals surface area (Å²) in [6, 6.07) is 8.14. The number of H-pyrrole nitrogens is 1. The van der Waals surface area contributed by atoms with E-state index in [1.807, 2.05) is 37.6 Å². The van der Waals surface area contributed by atoms with Crippen LogP contribution in [0, 0.1) is 13.8 Å². The topological polar surface area (TPSA) is 82.6 Å².